The van der Waals surface area contributed by atoms with Crippen LogP contribution >= 0.6 is 0 Å². The zero-order chi connectivity index (χ0) is 31.0. The highest BCUT2D eigenvalue weighted by Crippen LogP contribution is 2.35. The van der Waals surface area contributed by atoms with Gasteiger partial charge in [-0.2, -0.15) is 5.10 Å². The minimum Gasteiger partial charge on any atom is -0.353 e. The van der Waals surface area contributed by atoms with Crippen LogP contribution in [-0.4, -0.2) is 52.1 Å². The van der Waals surface area contributed by atoms with Crippen molar-refractivity contribution < 1.29 is 12.8 Å². The molecular formula is C35H35FN6O2S. The van der Waals surface area contributed by atoms with Gasteiger partial charge in [0.05, 0.1) is 28.9 Å². The van der Waals surface area contributed by atoms with E-state index in [1.807, 2.05) is 48.8 Å². The lowest BCUT2D eigenvalue weighted by Crippen LogP contribution is -2.20. The molecule has 230 valence electrons. The molecule has 1 saturated carbocycles. The van der Waals surface area contributed by atoms with Crippen LogP contribution in [0.3, 0.4) is 0 Å². The Hall–Kier alpha value is -4.41. The van der Waals surface area contributed by atoms with E-state index in [-0.39, 0.29) is 12.2 Å². The molecule has 0 spiro atoms. The zero-order valence-electron chi connectivity index (χ0n) is 25.1. The SMILES string of the molecule is CS(=O)(=O)CCc1cc(F)cc(-c2cccc3[nH]c(-c4n[nH]c5cnc(-c6cncc(CNCC7CCCC7)c6)cc45)cc23)c1. The lowest BCUT2D eigenvalue weighted by Gasteiger charge is -2.11. The maximum atomic E-state index is 14.7. The fourth-order valence-corrected chi connectivity index (χ4v) is 7.03. The molecule has 0 amide bonds. The first kappa shape index (κ1) is 29.3. The van der Waals surface area contributed by atoms with Crippen LogP contribution < -0.4 is 5.32 Å². The molecule has 45 heavy (non-hydrogen) atoms. The van der Waals surface area contributed by atoms with E-state index in [2.05, 4.69) is 31.5 Å². The topological polar surface area (TPSA) is 116 Å². The van der Waals surface area contributed by atoms with Crippen molar-refractivity contribution in [3.8, 4) is 33.8 Å². The summed E-state index contributed by atoms with van der Waals surface area (Å²) in [6, 6.07) is 16.8. The molecule has 1 aliphatic carbocycles. The highest BCUT2D eigenvalue weighted by molar-refractivity contribution is 7.90. The predicted molar refractivity (Wildman–Crippen MR) is 177 cm³/mol. The van der Waals surface area contributed by atoms with Gasteiger partial charge in [-0.15, -0.1) is 0 Å². The lowest BCUT2D eigenvalue weighted by atomic mass is 9.98. The van der Waals surface area contributed by atoms with Crippen molar-refractivity contribution in [2.24, 2.45) is 5.92 Å². The molecule has 1 aliphatic rings. The minimum absolute atomic E-state index is 0.0326. The minimum atomic E-state index is -3.17. The summed E-state index contributed by atoms with van der Waals surface area (Å²) in [5.74, 6) is 0.351. The van der Waals surface area contributed by atoms with E-state index in [1.54, 1.807) is 6.20 Å². The number of aryl methyl sites for hydroxylation is 1. The van der Waals surface area contributed by atoms with E-state index in [4.69, 9.17) is 4.98 Å². The molecule has 7 rings (SSSR count). The van der Waals surface area contributed by atoms with Crippen LogP contribution in [-0.2, 0) is 22.8 Å². The summed E-state index contributed by atoms with van der Waals surface area (Å²) in [5, 5.41) is 13.2. The maximum absolute atomic E-state index is 14.7. The Morgan fingerprint density at radius 2 is 1.78 bits per heavy atom. The first-order valence-corrected chi connectivity index (χ1v) is 17.4. The smallest absolute Gasteiger partial charge is 0.147 e. The van der Waals surface area contributed by atoms with Gasteiger partial charge in [-0.05, 0) is 90.4 Å². The van der Waals surface area contributed by atoms with Gasteiger partial charge in [-0.3, -0.25) is 15.1 Å². The monoisotopic (exact) mass is 622 g/mol. The molecule has 0 bridgehead atoms. The van der Waals surface area contributed by atoms with E-state index < -0.39 is 15.7 Å². The normalized spacial score (nSPS) is 14.2. The second-order valence-corrected chi connectivity index (χ2v) is 14.5. The Bertz CT molecular complexity index is 2110. The summed E-state index contributed by atoms with van der Waals surface area (Å²) in [5.41, 5.74) is 8.34. The number of fused-ring (bicyclic) bond motifs is 2. The Morgan fingerprint density at radius 1 is 0.933 bits per heavy atom. The molecule has 2 aromatic carbocycles. The predicted octanol–water partition coefficient (Wildman–Crippen LogP) is 6.84. The quantitative estimate of drug-likeness (QED) is 0.154. The van der Waals surface area contributed by atoms with Crippen LogP contribution in [0, 0.1) is 11.7 Å². The number of pyridine rings is 2. The third-order valence-electron chi connectivity index (χ3n) is 8.72. The number of rotatable bonds is 10. The van der Waals surface area contributed by atoms with Crippen molar-refractivity contribution >= 4 is 31.6 Å². The van der Waals surface area contributed by atoms with Crippen LogP contribution in [0.2, 0.25) is 0 Å². The molecule has 4 heterocycles. The lowest BCUT2D eigenvalue weighted by molar-refractivity contribution is 0.489. The molecule has 6 aromatic rings. The van der Waals surface area contributed by atoms with Crippen LogP contribution in [0.15, 0.2) is 73.2 Å². The van der Waals surface area contributed by atoms with Crippen LogP contribution in [0.1, 0.15) is 36.8 Å². The number of aromatic amines is 2. The number of nitrogens with zero attached hydrogens (tertiary/aromatic N) is 3. The van der Waals surface area contributed by atoms with Crippen molar-refractivity contribution in [2.75, 3.05) is 18.6 Å². The van der Waals surface area contributed by atoms with E-state index in [0.717, 1.165) is 74.6 Å². The van der Waals surface area contributed by atoms with Gasteiger partial charge in [0.15, 0.2) is 0 Å². The average molecular weight is 623 g/mol. The zero-order valence-corrected chi connectivity index (χ0v) is 25.9. The Balaban J connectivity index is 1.19. The molecule has 0 saturated heterocycles. The van der Waals surface area contributed by atoms with Gasteiger partial charge in [0.1, 0.15) is 21.3 Å². The number of hydrogen-bond acceptors (Lipinski definition) is 6. The molecule has 8 nitrogen and oxygen atoms in total. The third kappa shape index (κ3) is 6.53. The number of hydrogen-bond donors (Lipinski definition) is 3. The van der Waals surface area contributed by atoms with Gasteiger partial charge < -0.3 is 10.3 Å². The number of benzene rings is 2. The summed E-state index contributed by atoms with van der Waals surface area (Å²) in [7, 11) is -3.17. The van der Waals surface area contributed by atoms with Gasteiger partial charge in [0, 0.05) is 47.0 Å². The highest BCUT2D eigenvalue weighted by Gasteiger charge is 2.17. The third-order valence-corrected chi connectivity index (χ3v) is 9.67. The Kier molecular flexibility index (Phi) is 7.93. The fourth-order valence-electron chi connectivity index (χ4n) is 6.43. The molecular weight excluding hydrogens is 587 g/mol. The number of sulfone groups is 1. The largest absolute Gasteiger partial charge is 0.353 e. The standard InChI is InChI=1S/C35H35FN6O2S/c1-45(43,44)10-9-23-11-25(14-27(36)13-23)28-7-4-8-31-29(28)15-33(40-31)35-30-16-32(39-21-34(30)41-42-35)26-12-24(19-38-20-26)18-37-17-22-5-2-3-6-22/h4,7-8,11-16,19-22,37,40H,2-3,5-6,9-10,17-18H2,1H3,(H,41,42). The first-order chi connectivity index (χ1) is 21.8. The first-order valence-electron chi connectivity index (χ1n) is 15.4. The molecule has 0 radical (unpaired) electrons. The molecule has 1 fully saturated rings. The number of aromatic nitrogens is 5. The molecule has 10 heteroatoms. The Morgan fingerprint density at radius 3 is 2.62 bits per heavy atom. The molecule has 0 aliphatic heterocycles. The van der Waals surface area contributed by atoms with Crippen molar-refractivity contribution in [1.82, 2.24) is 30.5 Å². The van der Waals surface area contributed by atoms with Crippen LogP contribution in [0.4, 0.5) is 4.39 Å². The van der Waals surface area contributed by atoms with E-state index in [9.17, 15) is 12.8 Å². The van der Waals surface area contributed by atoms with Gasteiger partial charge in [0.25, 0.3) is 0 Å². The summed E-state index contributed by atoms with van der Waals surface area (Å²) < 4.78 is 38.1. The summed E-state index contributed by atoms with van der Waals surface area (Å²) >= 11 is 0. The summed E-state index contributed by atoms with van der Waals surface area (Å²) in [6.07, 6.45) is 12.3. The average Bonchev–Trinajstić information content (AvgIpc) is 3.79. The molecule has 4 aromatic heterocycles. The maximum Gasteiger partial charge on any atom is 0.147 e. The van der Waals surface area contributed by atoms with Crippen molar-refractivity contribution in [3.05, 3.63) is 90.1 Å². The second kappa shape index (κ2) is 12.2. The second-order valence-electron chi connectivity index (χ2n) is 12.2. The van der Waals surface area contributed by atoms with Crippen molar-refractivity contribution in [3.63, 3.8) is 0 Å². The van der Waals surface area contributed by atoms with Crippen LogP contribution in [0.5, 0.6) is 0 Å². The van der Waals surface area contributed by atoms with Gasteiger partial charge in [0.2, 0.25) is 0 Å². The number of halogens is 1. The van der Waals surface area contributed by atoms with Crippen LogP contribution in [0.25, 0.3) is 55.6 Å². The summed E-state index contributed by atoms with van der Waals surface area (Å²) in [6.45, 7) is 1.82. The molecule has 3 N–H and O–H groups in total. The van der Waals surface area contributed by atoms with Crippen molar-refractivity contribution in [2.45, 2.75) is 38.6 Å². The number of H-pyrrole nitrogens is 2. The van der Waals surface area contributed by atoms with E-state index in [1.165, 1.54) is 44.1 Å². The van der Waals surface area contributed by atoms with E-state index in [0.29, 0.717) is 11.1 Å². The molecule has 0 atom stereocenters. The highest BCUT2D eigenvalue weighted by atomic mass is 32.2. The van der Waals surface area contributed by atoms with E-state index >= 15 is 0 Å². The fraction of sp³-hybridized carbons (Fsp3) is 0.286. The number of nitrogens with one attached hydrogen (secondary N) is 3. The Labute approximate surface area is 261 Å². The molecule has 0 unspecified atom stereocenters. The van der Waals surface area contributed by atoms with Gasteiger partial charge in [-0.1, -0.05) is 31.0 Å². The van der Waals surface area contributed by atoms with Gasteiger partial charge >= 0.3 is 0 Å². The van der Waals surface area contributed by atoms with Crippen molar-refractivity contribution in [1.29, 1.82) is 0 Å². The summed E-state index contributed by atoms with van der Waals surface area (Å²) in [4.78, 5) is 12.7. The van der Waals surface area contributed by atoms with Gasteiger partial charge in [-0.25, -0.2) is 12.8 Å².